The molecule has 232 valence electrons. The highest BCUT2D eigenvalue weighted by Crippen LogP contribution is 2.26. The number of carbonyl (C=O) groups excluding carboxylic acids is 3. The summed E-state index contributed by atoms with van der Waals surface area (Å²) in [4.78, 5) is 90.2. The first-order valence-electron chi connectivity index (χ1n) is 14.0. The molecule has 0 spiro atoms. The number of amides is 3. The maximum absolute atomic E-state index is 13.3. The molecule has 3 amide bonds. The Morgan fingerprint density at radius 2 is 1.78 bits per heavy atom. The smallest absolute Gasteiger partial charge is 0.394 e. The highest BCUT2D eigenvalue weighted by molar-refractivity contribution is 5.98. The Morgan fingerprint density at radius 3 is 2.50 bits per heavy atom. The molecule has 0 aliphatic carbocycles. The molecule has 16 heteroatoms. The number of fused-ring (bicyclic) bond motifs is 2. The number of hydrogen-bond donors (Lipinski definition) is 3. The fraction of sp³-hybridized carbons (Fsp3) is 0.200. The summed E-state index contributed by atoms with van der Waals surface area (Å²) < 4.78 is 5.51. The van der Waals surface area contributed by atoms with Crippen molar-refractivity contribution in [2.24, 2.45) is 5.18 Å². The molecule has 0 unspecified atom stereocenters. The quantitative estimate of drug-likeness (QED) is 0.160. The van der Waals surface area contributed by atoms with Crippen LogP contribution in [0.15, 0.2) is 72.6 Å². The average Bonchev–Trinajstić information content (AvgIpc) is 3.46. The van der Waals surface area contributed by atoms with Gasteiger partial charge in [0.1, 0.15) is 22.8 Å². The Labute approximate surface area is 257 Å². The highest BCUT2D eigenvalue weighted by Gasteiger charge is 2.27. The maximum atomic E-state index is 13.3. The largest absolute Gasteiger partial charge is 0.448 e. The van der Waals surface area contributed by atoms with Crippen molar-refractivity contribution in [3.63, 3.8) is 0 Å². The second-order valence-corrected chi connectivity index (χ2v) is 10.7. The third-order valence-electron chi connectivity index (χ3n) is 7.85. The molecule has 1 aliphatic rings. The van der Waals surface area contributed by atoms with Crippen molar-refractivity contribution in [1.29, 1.82) is 0 Å². The van der Waals surface area contributed by atoms with Gasteiger partial charge < -0.3 is 21.3 Å². The van der Waals surface area contributed by atoms with Crippen molar-refractivity contribution >= 4 is 34.9 Å². The predicted molar refractivity (Wildman–Crippen MR) is 162 cm³/mol. The van der Waals surface area contributed by atoms with Gasteiger partial charge in [0, 0.05) is 30.4 Å². The van der Waals surface area contributed by atoms with E-state index in [0.29, 0.717) is 25.1 Å². The summed E-state index contributed by atoms with van der Waals surface area (Å²) in [5, 5.41) is 11.4. The minimum atomic E-state index is -0.981. The zero-order valence-corrected chi connectivity index (χ0v) is 24.1. The molecule has 0 fully saturated rings. The molecular formula is C30H24N8O8. The van der Waals surface area contributed by atoms with Gasteiger partial charge in [-0.05, 0) is 59.0 Å². The fourth-order valence-corrected chi connectivity index (χ4v) is 5.35. The molecule has 1 atom stereocenters. The molecule has 0 radical (unpaired) electrons. The number of nitroso groups, excluding NO2 is 1. The Balaban J connectivity index is 1.18. The molecule has 6 rings (SSSR count). The van der Waals surface area contributed by atoms with Crippen molar-refractivity contribution in [2.45, 2.75) is 32.5 Å². The molecule has 3 heterocycles. The van der Waals surface area contributed by atoms with Crippen LogP contribution in [0.1, 0.15) is 66.6 Å². The van der Waals surface area contributed by atoms with Gasteiger partial charge in [0.15, 0.2) is 0 Å². The topological polar surface area (TPSA) is 228 Å². The number of hydrogen-bond acceptors (Lipinski definition) is 12. The first-order valence-corrected chi connectivity index (χ1v) is 14.0. The Morgan fingerprint density at radius 1 is 1.02 bits per heavy atom. The van der Waals surface area contributed by atoms with E-state index >= 15 is 0 Å². The molecule has 0 saturated heterocycles. The van der Waals surface area contributed by atoms with Gasteiger partial charge in [-0.15, -0.1) is 4.91 Å². The van der Waals surface area contributed by atoms with Crippen LogP contribution in [0, 0.1) is 4.91 Å². The summed E-state index contributed by atoms with van der Waals surface area (Å²) in [7, 11) is 0. The third-order valence-corrected chi connectivity index (χ3v) is 7.85. The second kappa shape index (κ2) is 11.6. The van der Waals surface area contributed by atoms with E-state index in [1.807, 2.05) is 18.2 Å². The number of rotatable bonds is 8. The number of benzene rings is 2. The van der Waals surface area contributed by atoms with Gasteiger partial charge in [-0.1, -0.05) is 30.3 Å². The van der Waals surface area contributed by atoms with Crippen LogP contribution in [0.4, 0.5) is 11.4 Å². The Kier molecular flexibility index (Phi) is 7.53. The van der Waals surface area contributed by atoms with Crippen LogP contribution in [0.25, 0.3) is 5.78 Å². The van der Waals surface area contributed by atoms with Gasteiger partial charge in [0.05, 0.1) is 6.04 Å². The highest BCUT2D eigenvalue weighted by atomic mass is 16.5. The minimum Gasteiger partial charge on any atom is -0.394 e. The summed E-state index contributed by atoms with van der Waals surface area (Å²) in [5.41, 5.74) is 7.63. The SMILES string of the molecule is C[C@H](NC(=O)c1cc(C(=O)NCc2ccc3c(c2)CN(c2c(N)c(=O)c2=O)CC3)nc2noc(=O)n12)c1ccc(C(=O)N=O)cc1. The van der Waals surface area contributed by atoms with E-state index in [2.05, 4.69) is 30.5 Å². The number of nitrogens with one attached hydrogen (secondary N) is 2. The number of nitrogens with two attached hydrogens (primary N) is 1. The van der Waals surface area contributed by atoms with E-state index in [1.165, 1.54) is 24.3 Å². The van der Waals surface area contributed by atoms with Crippen LogP contribution < -0.4 is 37.9 Å². The van der Waals surface area contributed by atoms with E-state index in [4.69, 9.17) is 5.73 Å². The molecule has 46 heavy (non-hydrogen) atoms. The Hall–Kier alpha value is -6.32. The fourth-order valence-electron chi connectivity index (χ4n) is 5.35. The van der Waals surface area contributed by atoms with Gasteiger partial charge in [0.2, 0.25) is 0 Å². The van der Waals surface area contributed by atoms with Crippen LogP contribution in [-0.2, 0) is 19.5 Å². The van der Waals surface area contributed by atoms with Gasteiger partial charge in [-0.3, -0.25) is 28.5 Å². The lowest BCUT2D eigenvalue weighted by Crippen LogP contribution is -2.44. The number of carbonyl (C=O) groups is 3. The lowest BCUT2D eigenvalue weighted by Gasteiger charge is -2.32. The molecule has 5 aromatic rings. The lowest BCUT2D eigenvalue weighted by atomic mass is 9.96. The first-order chi connectivity index (χ1) is 22.0. The van der Waals surface area contributed by atoms with Crippen LogP contribution in [0.3, 0.4) is 0 Å². The van der Waals surface area contributed by atoms with E-state index < -0.39 is 40.4 Å². The average molecular weight is 625 g/mol. The van der Waals surface area contributed by atoms with E-state index in [-0.39, 0.29) is 40.6 Å². The van der Waals surface area contributed by atoms with E-state index in [9.17, 15) is 33.7 Å². The van der Waals surface area contributed by atoms with Crippen LogP contribution >= 0.6 is 0 Å². The molecular weight excluding hydrogens is 600 g/mol. The zero-order chi connectivity index (χ0) is 32.7. The van der Waals surface area contributed by atoms with Crippen molar-refractivity contribution in [3.8, 4) is 0 Å². The van der Waals surface area contributed by atoms with Gasteiger partial charge in [-0.2, -0.15) is 0 Å². The summed E-state index contributed by atoms with van der Waals surface area (Å²) >= 11 is 0. The second-order valence-electron chi connectivity index (χ2n) is 10.7. The van der Waals surface area contributed by atoms with Gasteiger partial charge in [-0.25, -0.2) is 14.2 Å². The normalized spacial score (nSPS) is 13.3. The number of nitrogens with zero attached hydrogens (tertiary/aromatic N) is 5. The van der Waals surface area contributed by atoms with Crippen LogP contribution in [-0.4, -0.2) is 38.8 Å². The summed E-state index contributed by atoms with van der Waals surface area (Å²) in [6.45, 7) is 2.66. The zero-order valence-electron chi connectivity index (χ0n) is 24.1. The van der Waals surface area contributed by atoms with Crippen molar-refractivity contribution < 1.29 is 18.9 Å². The van der Waals surface area contributed by atoms with Gasteiger partial charge in [0.25, 0.3) is 28.4 Å². The monoisotopic (exact) mass is 624 g/mol. The van der Waals surface area contributed by atoms with Crippen molar-refractivity contribution in [3.05, 3.63) is 124 Å². The number of aromatic nitrogens is 3. The molecule has 1 aliphatic heterocycles. The van der Waals surface area contributed by atoms with Crippen LogP contribution in [0.2, 0.25) is 0 Å². The molecule has 0 saturated carbocycles. The summed E-state index contributed by atoms with van der Waals surface area (Å²) in [6.07, 6.45) is 0.646. The molecule has 16 nitrogen and oxygen atoms in total. The molecule has 3 aromatic carbocycles. The number of anilines is 2. The van der Waals surface area contributed by atoms with E-state index in [0.717, 1.165) is 27.2 Å². The van der Waals surface area contributed by atoms with Crippen molar-refractivity contribution in [1.82, 2.24) is 25.2 Å². The van der Waals surface area contributed by atoms with E-state index in [1.54, 1.807) is 11.8 Å². The maximum Gasteiger partial charge on any atom is 0.448 e. The molecule has 2 aromatic heterocycles. The molecule has 0 bridgehead atoms. The third kappa shape index (κ3) is 5.31. The Bertz CT molecular complexity index is 2190. The van der Waals surface area contributed by atoms with Crippen LogP contribution in [0.5, 0.6) is 0 Å². The van der Waals surface area contributed by atoms with Gasteiger partial charge >= 0.3 is 11.7 Å². The molecule has 4 N–H and O–H groups in total. The first kappa shape index (κ1) is 29.7. The minimum absolute atomic E-state index is 0.0292. The predicted octanol–water partition coefficient (Wildman–Crippen LogP) is 0.751. The standard InChI is InChI=1S/C30H24N8O8/c1-14(16-4-6-18(7-5-16)26(41)35-45)33-28(43)21-11-20(34-29-36-46-30(44)38(21)29)27(42)32-12-15-2-3-17-8-9-37(13-19(17)10-15)23-22(31)24(39)25(23)40/h2-7,10-11,14H,8-9,12-13,31H2,1H3,(H,32,42)(H,33,43)/t14-/m0/s1. The summed E-state index contributed by atoms with van der Waals surface area (Å²) in [6, 6.07) is 12.0. The van der Waals surface area contributed by atoms with Crippen molar-refractivity contribution in [2.75, 3.05) is 17.2 Å². The lowest BCUT2D eigenvalue weighted by molar-refractivity contribution is 0.0931. The number of nitrogen functional groups attached to an aromatic ring is 1. The summed E-state index contributed by atoms with van der Waals surface area (Å²) in [5.74, 6) is -3.60.